The van der Waals surface area contributed by atoms with E-state index in [-0.39, 0.29) is 0 Å². The third-order valence-corrected chi connectivity index (χ3v) is 2.96. The number of thiocarbonyl (C=S) groups is 1. The van der Waals surface area contributed by atoms with Crippen LogP contribution in [-0.4, -0.2) is 11.2 Å². The highest BCUT2D eigenvalue weighted by molar-refractivity contribution is 7.80. The van der Waals surface area contributed by atoms with Crippen molar-refractivity contribution in [2.24, 2.45) is 0 Å². The molecule has 0 radical (unpaired) electrons. The van der Waals surface area contributed by atoms with Crippen molar-refractivity contribution in [1.82, 2.24) is 10.6 Å². The first-order valence-corrected chi connectivity index (χ1v) is 5.82. The van der Waals surface area contributed by atoms with Crippen molar-refractivity contribution < 1.29 is 4.42 Å². The summed E-state index contributed by atoms with van der Waals surface area (Å²) < 4.78 is 5.20. The van der Waals surface area contributed by atoms with Crippen LogP contribution in [0.3, 0.4) is 0 Å². The fourth-order valence-corrected chi connectivity index (χ4v) is 2.13. The SMILES string of the molecule is S=C(NCc1ccco1)NC1CCCC1. The number of rotatable bonds is 3. The molecule has 2 rings (SSSR count). The van der Waals surface area contributed by atoms with Crippen LogP contribution in [0.15, 0.2) is 22.8 Å². The van der Waals surface area contributed by atoms with E-state index in [1.54, 1.807) is 6.26 Å². The summed E-state index contributed by atoms with van der Waals surface area (Å²) in [5.74, 6) is 0.908. The van der Waals surface area contributed by atoms with Gasteiger partial charge < -0.3 is 15.1 Å². The average molecular weight is 224 g/mol. The molecule has 0 unspecified atom stereocenters. The van der Waals surface area contributed by atoms with E-state index in [0.717, 1.165) is 10.9 Å². The summed E-state index contributed by atoms with van der Waals surface area (Å²) in [6, 6.07) is 4.39. The minimum Gasteiger partial charge on any atom is -0.467 e. The molecule has 1 saturated carbocycles. The summed E-state index contributed by atoms with van der Waals surface area (Å²) in [6.45, 7) is 0.658. The molecule has 1 aromatic rings. The summed E-state index contributed by atoms with van der Waals surface area (Å²) >= 11 is 5.20. The lowest BCUT2D eigenvalue weighted by molar-refractivity contribution is 0.500. The van der Waals surface area contributed by atoms with E-state index in [1.807, 2.05) is 12.1 Å². The Labute approximate surface area is 95.2 Å². The Bertz CT molecular complexity index is 304. The Balaban J connectivity index is 1.68. The summed E-state index contributed by atoms with van der Waals surface area (Å²) in [6.07, 6.45) is 6.78. The lowest BCUT2D eigenvalue weighted by Gasteiger charge is -2.14. The lowest BCUT2D eigenvalue weighted by atomic mass is 10.3. The topological polar surface area (TPSA) is 37.2 Å². The highest BCUT2D eigenvalue weighted by Crippen LogP contribution is 2.17. The minimum atomic E-state index is 0.571. The molecule has 1 aliphatic carbocycles. The van der Waals surface area contributed by atoms with Gasteiger partial charge in [0.25, 0.3) is 0 Å². The van der Waals surface area contributed by atoms with Gasteiger partial charge in [0.2, 0.25) is 0 Å². The van der Waals surface area contributed by atoms with Gasteiger partial charge in [-0.1, -0.05) is 12.8 Å². The van der Waals surface area contributed by atoms with Crippen LogP contribution in [-0.2, 0) is 6.54 Å². The fourth-order valence-electron chi connectivity index (χ4n) is 1.89. The molecule has 1 heterocycles. The van der Waals surface area contributed by atoms with Gasteiger partial charge in [0.1, 0.15) is 5.76 Å². The molecule has 4 heteroatoms. The Morgan fingerprint density at radius 1 is 1.47 bits per heavy atom. The second-order valence-electron chi connectivity index (χ2n) is 3.89. The van der Waals surface area contributed by atoms with Gasteiger partial charge in [-0.3, -0.25) is 0 Å². The molecule has 3 nitrogen and oxygen atoms in total. The van der Waals surface area contributed by atoms with Gasteiger partial charge in [0.05, 0.1) is 12.8 Å². The van der Waals surface area contributed by atoms with Crippen LogP contribution in [0.25, 0.3) is 0 Å². The summed E-state index contributed by atoms with van der Waals surface area (Å²) in [7, 11) is 0. The smallest absolute Gasteiger partial charge is 0.166 e. The summed E-state index contributed by atoms with van der Waals surface area (Å²) in [5, 5.41) is 7.19. The first-order valence-electron chi connectivity index (χ1n) is 5.41. The Kier molecular flexibility index (Phi) is 3.61. The zero-order valence-corrected chi connectivity index (χ0v) is 9.48. The molecular formula is C11H16N2OS. The van der Waals surface area contributed by atoms with Crippen LogP contribution in [0.5, 0.6) is 0 Å². The molecule has 2 N–H and O–H groups in total. The van der Waals surface area contributed by atoms with E-state index < -0.39 is 0 Å². The predicted octanol–water partition coefficient (Wildman–Crippen LogP) is 2.19. The van der Waals surface area contributed by atoms with Crippen molar-refractivity contribution in [3.8, 4) is 0 Å². The highest BCUT2D eigenvalue weighted by atomic mass is 32.1. The molecular weight excluding hydrogens is 208 g/mol. The third kappa shape index (κ3) is 3.23. The second kappa shape index (κ2) is 5.16. The van der Waals surface area contributed by atoms with E-state index in [2.05, 4.69) is 10.6 Å². The molecule has 1 aromatic heterocycles. The Hall–Kier alpha value is -1.03. The molecule has 0 amide bonds. The summed E-state index contributed by atoms with van der Waals surface area (Å²) in [5.41, 5.74) is 0. The molecule has 82 valence electrons. The predicted molar refractivity (Wildman–Crippen MR) is 63.5 cm³/mol. The van der Waals surface area contributed by atoms with E-state index in [9.17, 15) is 0 Å². The maximum absolute atomic E-state index is 5.20. The van der Waals surface area contributed by atoms with E-state index in [1.165, 1.54) is 25.7 Å². The molecule has 0 spiro atoms. The standard InChI is InChI=1S/C11H16N2OS/c15-11(13-9-4-1-2-5-9)12-8-10-6-3-7-14-10/h3,6-7,9H,1-2,4-5,8H2,(H2,12,13,15). The van der Waals surface area contributed by atoms with E-state index in [4.69, 9.17) is 16.6 Å². The van der Waals surface area contributed by atoms with Gasteiger partial charge in [-0.25, -0.2) is 0 Å². The van der Waals surface area contributed by atoms with Gasteiger partial charge in [-0.2, -0.15) is 0 Å². The quantitative estimate of drug-likeness (QED) is 0.772. The van der Waals surface area contributed by atoms with Crippen molar-refractivity contribution in [3.63, 3.8) is 0 Å². The van der Waals surface area contributed by atoms with Crippen LogP contribution < -0.4 is 10.6 Å². The third-order valence-electron chi connectivity index (χ3n) is 2.69. The largest absolute Gasteiger partial charge is 0.467 e. The van der Waals surface area contributed by atoms with E-state index in [0.29, 0.717) is 12.6 Å². The van der Waals surface area contributed by atoms with Crippen LogP contribution in [0.4, 0.5) is 0 Å². The monoisotopic (exact) mass is 224 g/mol. The first-order chi connectivity index (χ1) is 7.34. The Morgan fingerprint density at radius 2 is 2.27 bits per heavy atom. The lowest BCUT2D eigenvalue weighted by Crippen LogP contribution is -2.40. The maximum atomic E-state index is 5.20. The number of hydrogen-bond donors (Lipinski definition) is 2. The first kappa shape index (κ1) is 10.5. The molecule has 0 aromatic carbocycles. The zero-order valence-electron chi connectivity index (χ0n) is 8.66. The van der Waals surface area contributed by atoms with Gasteiger partial charge in [-0.15, -0.1) is 0 Å². The molecule has 0 atom stereocenters. The van der Waals surface area contributed by atoms with Crippen LogP contribution >= 0.6 is 12.2 Å². The average Bonchev–Trinajstić information content (AvgIpc) is 2.86. The summed E-state index contributed by atoms with van der Waals surface area (Å²) in [4.78, 5) is 0. The van der Waals surface area contributed by atoms with Crippen molar-refractivity contribution in [1.29, 1.82) is 0 Å². The zero-order chi connectivity index (χ0) is 10.5. The molecule has 0 aliphatic heterocycles. The minimum absolute atomic E-state index is 0.571. The fraction of sp³-hybridized carbons (Fsp3) is 0.545. The van der Waals surface area contributed by atoms with Crippen molar-refractivity contribution in [3.05, 3.63) is 24.2 Å². The van der Waals surface area contributed by atoms with Crippen LogP contribution in [0, 0.1) is 0 Å². The number of nitrogens with one attached hydrogen (secondary N) is 2. The molecule has 0 bridgehead atoms. The number of hydrogen-bond acceptors (Lipinski definition) is 2. The normalized spacial score (nSPS) is 16.5. The maximum Gasteiger partial charge on any atom is 0.166 e. The number of furan rings is 1. The van der Waals surface area contributed by atoms with Gasteiger partial charge >= 0.3 is 0 Å². The second-order valence-corrected chi connectivity index (χ2v) is 4.30. The van der Waals surface area contributed by atoms with Crippen LogP contribution in [0.2, 0.25) is 0 Å². The van der Waals surface area contributed by atoms with Gasteiger partial charge in [0.15, 0.2) is 5.11 Å². The molecule has 1 fully saturated rings. The van der Waals surface area contributed by atoms with E-state index >= 15 is 0 Å². The molecule has 15 heavy (non-hydrogen) atoms. The van der Waals surface area contributed by atoms with Crippen molar-refractivity contribution in [2.75, 3.05) is 0 Å². The van der Waals surface area contributed by atoms with Crippen molar-refractivity contribution in [2.45, 2.75) is 38.3 Å². The molecule has 0 saturated heterocycles. The van der Waals surface area contributed by atoms with Crippen LogP contribution in [0.1, 0.15) is 31.4 Å². The molecule has 1 aliphatic rings. The van der Waals surface area contributed by atoms with Gasteiger partial charge in [-0.05, 0) is 37.2 Å². The Morgan fingerprint density at radius 3 is 2.93 bits per heavy atom. The highest BCUT2D eigenvalue weighted by Gasteiger charge is 2.15. The van der Waals surface area contributed by atoms with Gasteiger partial charge in [0, 0.05) is 6.04 Å². The van der Waals surface area contributed by atoms with Crippen molar-refractivity contribution >= 4 is 17.3 Å².